The largest absolute Gasteiger partial charge is 0.394 e. The summed E-state index contributed by atoms with van der Waals surface area (Å²) >= 11 is 5.18. The second-order valence-electron chi connectivity index (χ2n) is 1.55. The molecule has 0 heterocycles. The molecule has 54 valence electrons. The molecule has 0 aromatic rings. The zero-order valence-electron chi connectivity index (χ0n) is 4.62. The highest BCUT2D eigenvalue weighted by Crippen LogP contribution is 2.00. The summed E-state index contributed by atoms with van der Waals surface area (Å²) < 4.78 is 0. The molecule has 2 atom stereocenters. The first kappa shape index (κ1) is 8.68. The Bertz CT molecular complexity index is 108. The van der Waals surface area contributed by atoms with Crippen molar-refractivity contribution in [1.29, 1.82) is 0 Å². The van der Waals surface area contributed by atoms with Crippen LogP contribution in [0, 0.1) is 0 Å². The number of nitrogens with two attached hydrogens (primary N) is 1. The number of aliphatic hydroxyl groups is 2. The van der Waals surface area contributed by atoms with Gasteiger partial charge in [-0.05, 0) is 0 Å². The second kappa shape index (κ2) is 3.66. The van der Waals surface area contributed by atoms with Crippen LogP contribution in [0.2, 0.25) is 0 Å². The van der Waals surface area contributed by atoms with Crippen molar-refractivity contribution in [3.63, 3.8) is 0 Å². The van der Waals surface area contributed by atoms with Gasteiger partial charge < -0.3 is 15.9 Å². The molecule has 0 rings (SSSR count). The van der Waals surface area contributed by atoms with Crippen molar-refractivity contribution in [3.05, 3.63) is 0 Å². The Hall–Kier alpha value is -0.320. The monoisotopic (exact) mass is 153 g/mol. The predicted octanol–water partition coefficient (Wildman–Crippen LogP) is -1.57. The van der Waals surface area contributed by atoms with Gasteiger partial charge in [-0.2, -0.15) is 0 Å². The molecule has 0 aliphatic rings. The van der Waals surface area contributed by atoms with Gasteiger partial charge in [0.1, 0.15) is 11.5 Å². The molecule has 0 aliphatic heterocycles. The van der Waals surface area contributed by atoms with Crippen molar-refractivity contribution in [3.8, 4) is 0 Å². The minimum Gasteiger partial charge on any atom is -0.394 e. The maximum absolute atomic E-state index is 10.1. The molecule has 1 amide bonds. The lowest BCUT2D eigenvalue weighted by Gasteiger charge is -2.09. The van der Waals surface area contributed by atoms with Gasteiger partial charge >= 0.3 is 0 Å². The van der Waals surface area contributed by atoms with Gasteiger partial charge in [-0.25, -0.2) is 0 Å². The van der Waals surface area contributed by atoms with E-state index in [4.69, 9.17) is 21.8 Å². The van der Waals surface area contributed by atoms with Gasteiger partial charge in [0.25, 0.3) is 0 Å². The first-order valence-electron chi connectivity index (χ1n) is 2.32. The molecule has 0 bridgehead atoms. The molecule has 5 heteroatoms. The van der Waals surface area contributed by atoms with E-state index in [0.717, 1.165) is 0 Å². The van der Waals surface area contributed by atoms with E-state index < -0.39 is 24.0 Å². The lowest BCUT2D eigenvalue weighted by atomic mass is 10.2. The minimum absolute atomic E-state index is 0.558. The standard InChI is InChI=1S/C4H8ClNO3/c5-3(4(6)9)2(8)1-7/h2-3,7-8H,1H2,(H2,6,9)/t2-,3-/m1/s1. The van der Waals surface area contributed by atoms with Gasteiger partial charge in [0.15, 0.2) is 0 Å². The summed E-state index contributed by atoms with van der Waals surface area (Å²) in [6, 6.07) is 0. The third-order valence-electron chi connectivity index (χ3n) is 0.797. The fourth-order valence-corrected chi connectivity index (χ4v) is 0.362. The van der Waals surface area contributed by atoms with Crippen LogP contribution in [-0.4, -0.2) is 34.2 Å². The third kappa shape index (κ3) is 2.64. The van der Waals surface area contributed by atoms with E-state index in [9.17, 15) is 4.79 Å². The number of rotatable bonds is 3. The van der Waals surface area contributed by atoms with Crippen molar-refractivity contribution in [1.82, 2.24) is 0 Å². The van der Waals surface area contributed by atoms with Crippen molar-refractivity contribution in [2.45, 2.75) is 11.5 Å². The molecular weight excluding hydrogens is 146 g/mol. The quantitative estimate of drug-likeness (QED) is 0.429. The van der Waals surface area contributed by atoms with Gasteiger partial charge in [-0.15, -0.1) is 11.6 Å². The number of halogens is 1. The molecule has 0 fully saturated rings. The molecule has 0 radical (unpaired) electrons. The summed E-state index contributed by atoms with van der Waals surface area (Å²) in [6.45, 7) is -0.558. The Balaban J connectivity index is 3.72. The SMILES string of the molecule is NC(=O)[C@H](Cl)[C@H](O)CO. The van der Waals surface area contributed by atoms with Crippen molar-refractivity contribution in [2.24, 2.45) is 5.73 Å². The van der Waals surface area contributed by atoms with E-state index >= 15 is 0 Å². The van der Waals surface area contributed by atoms with Crippen LogP contribution in [0.4, 0.5) is 0 Å². The maximum atomic E-state index is 10.1. The zero-order valence-corrected chi connectivity index (χ0v) is 5.38. The third-order valence-corrected chi connectivity index (χ3v) is 1.30. The van der Waals surface area contributed by atoms with Gasteiger partial charge in [0.05, 0.1) is 6.61 Å². The Morgan fingerprint density at radius 1 is 1.78 bits per heavy atom. The van der Waals surface area contributed by atoms with E-state index in [1.54, 1.807) is 0 Å². The summed E-state index contributed by atoms with van der Waals surface area (Å²) in [6.07, 6.45) is -1.26. The predicted molar refractivity (Wildman–Crippen MR) is 31.9 cm³/mol. The average molecular weight is 154 g/mol. The van der Waals surface area contributed by atoms with Crippen molar-refractivity contribution >= 4 is 17.5 Å². The van der Waals surface area contributed by atoms with Crippen LogP contribution >= 0.6 is 11.6 Å². The molecule has 4 N–H and O–H groups in total. The van der Waals surface area contributed by atoms with Gasteiger partial charge in [-0.1, -0.05) is 0 Å². The molecule has 0 saturated heterocycles. The fraction of sp³-hybridized carbons (Fsp3) is 0.750. The summed E-state index contributed by atoms with van der Waals surface area (Å²) in [5.41, 5.74) is 4.67. The topological polar surface area (TPSA) is 83.6 Å². The van der Waals surface area contributed by atoms with Crippen molar-refractivity contribution in [2.75, 3.05) is 6.61 Å². The summed E-state index contributed by atoms with van der Waals surface area (Å²) in [5.74, 6) is -0.835. The number of hydrogen-bond acceptors (Lipinski definition) is 3. The first-order chi connectivity index (χ1) is 4.09. The number of primary amides is 1. The highest BCUT2D eigenvalue weighted by atomic mass is 35.5. The molecular formula is C4H8ClNO3. The van der Waals surface area contributed by atoms with E-state index in [1.165, 1.54) is 0 Å². The number of carbonyl (C=O) groups is 1. The number of hydrogen-bond donors (Lipinski definition) is 3. The Morgan fingerprint density at radius 3 is 2.33 bits per heavy atom. The molecule has 0 spiro atoms. The number of aliphatic hydroxyl groups excluding tert-OH is 2. The van der Waals surface area contributed by atoms with E-state index in [1.807, 2.05) is 0 Å². The van der Waals surface area contributed by atoms with E-state index in [2.05, 4.69) is 5.73 Å². The van der Waals surface area contributed by atoms with Gasteiger partial charge in [0, 0.05) is 0 Å². The maximum Gasteiger partial charge on any atom is 0.238 e. The van der Waals surface area contributed by atoms with Crippen molar-refractivity contribution < 1.29 is 15.0 Å². The Morgan fingerprint density at radius 2 is 2.22 bits per heavy atom. The average Bonchev–Trinajstić information content (AvgIpc) is 1.84. The van der Waals surface area contributed by atoms with Crippen LogP contribution in [0.25, 0.3) is 0 Å². The molecule has 0 saturated carbocycles. The molecule has 0 unspecified atom stereocenters. The molecule has 0 aromatic carbocycles. The molecule has 0 aromatic heterocycles. The lowest BCUT2D eigenvalue weighted by Crippen LogP contribution is -2.36. The van der Waals surface area contributed by atoms with Crippen LogP contribution in [-0.2, 0) is 4.79 Å². The van der Waals surface area contributed by atoms with Gasteiger partial charge in [0.2, 0.25) is 5.91 Å². The minimum atomic E-state index is -1.26. The van der Waals surface area contributed by atoms with Crippen LogP contribution in [0.3, 0.4) is 0 Å². The Labute approximate surface area is 57.2 Å². The molecule has 0 aliphatic carbocycles. The normalized spacial score (nSPS) is 16.8. The van der Waals surface area contributed by atoms with Gasteiger partial charge in [-0.3, -0.25) is 4.79 Å². The number of alkyl halides is 1. The van der Waals surface area contributed by atoms with E-state index in [-0.39, 0.29) is 0 Å². The number of amides is 1. The Kier molecular flexibility index (Phi) is 3.53. The lowest BCUT2D eigenvalue weighted by molar-refractivity contribution is -0.119. The fourth-order valence-electron chi connectivity index (χ4n) is 0.282. The summed E-state index contributed by atoms with van der Waals surface area (Å²) in [7, 11) is 0. The second-order valence-corrected chi connectivity index (χ2v) is 2.02. The molecule has 4 nitrogen and oxygen atoms in total. The summed E-state index contributed by atoms with van der Waals surface area (Å²) in [5, 5.41) is 15.6. The number of carbonyl (C=O) groups excluding carboxylic acids is 1. The van der Waals surface area contributed by atoms with Crippen LogP contribution in [0.1, 0.15) is 0 Å². The van der Waals surface area contributed by atoms with Crippen LogP contribution < -0.4 is 5.73 Å². The summed E-state index contributed by atoms with van der Waals surface area (Å²) in [4.78, 5) is 10.1. The smallest absolute Gasteiger partial charge is 0.238 e. The highest BCUT2D eigenvalue weighted by Gasteiger charge is 2.20. The highest BCUT2D eigenvalue weighted by molar-refractivity contribution is 6.31. The van der Waals surface area contributed by atoms with Crippen LogP contribution in [0.5, 0.6) is 0 Å². The van der Waals surface area contributed by atoms with E-state index in [0.29, 0.717) is 0 Å². The zero-order chi connectivity index (χ0) is 7.44. The molecule has 9 heavy (non-hydrogen) atoms. The first-order valence-corrected chi connectivity index (χ1v) is 2.75. The van der Waals surface area contributed by atoms with Crippen LogP contribution in [0.15, 0.2) is 0 Å².